The zero-order chi connectivity index (χ0) is 24.9. The molecule has 2 saturated heterocycles. The van der Waals surface area contributed by atoms with E-state index in [-0.39, 0.29) is 36.2 Å². The zero-order valence-electron chi connectivity index (χ0n) is 19.7. The summed E-state index contributed by atoms with van der Waals surface area (Å²) in [6.45, 7) is 4.17. The number of benzene rings is 1. The van der Waals surface area contributed by atoms with Crippen molar-refractivity contribution in [2.75, 3.05) is 24.7 Å². The Kier molecular flexibility index (Phi) is 6.48. The third-order valence-corrected chi connectivity index (χ3v) is 9.51. The molecule has 4 aliphatic heterocycles. The molecule has 1 spiro atoms. The number of anilines is 1. The van der Waals surface area contributed by atoms with Gasteiger partial charge in [0.15, 0.2) is 0 Å². The largest absolute Gasteiger partial charge is 0.465 e. The number of hydrogen-bond acceptors (Lipinski definition) is 6. The Balaban J connectivity index is 1.66. The van der Waals surface area contributed by atoms with Crippen molar-refractivity contribution >= 4 is 46.8 Å². The number of rotatable bonds is 4. The zero-order valence-corrected chi connectivity index (χ0v) is 21.2. The van der Waals surface area contributed by atoms with Crippen molar-refractivity contribution in [2.45, 2.75) is 42.3 Å². The summed E-state index contributed by atoms with van der Waals surface area (Å²) in [6.07, 6.45) is 8.47. The van der Waals surface area contributed by atoms with Gasteiger partial charge in [0.05, 0.1) is 35.8 Å². The first kappa shape index (κ1) is 24.4. The van der Waals surface area contributed by atoms with Gasteiger partial charge >= 0.3 is 5.97 Å². The van der Waals surface area contributed by atoms with E-state index in [9.17, 15) is 19.5 Å². The molecule has 2 amide bonds. The lowest BCUT2D eigenvalue weighted by atomic mass is 9.78. The van der Waals surface area contributed by atoms with Crippen molar-refractivity contribution in [2.24, 2.45) is 17.8 Å². The number of esters is 1. The molecule has 0 aromatic heterocycles. The number of carbonyl (C=O) groups is 3. The predicted molar refractivity (Wildman–Crippen MR) is 135 cm³/mol. The van der Waals surface area contributed by atoms with E-state index in [1.165, 1.54) is 11.8 Å². The molecule has 0 saturated carbocycles. The van der Waals surface area contributed by atoms with Gasteiger partial charge in [-0.2, -0.15) is 0 Å². The molecule has 6 atom stereocenters. The number of nitrogens with zero attached hydrogens (tertiary/aromatic N) is 2. The summed E-state index contributed by atoms with van der Waals surface area (Å²) in [5.41, 5.74) is 0.676. The summed E-state index contributed by atoms with van der Waals surface area (Å²) in [4.78, 5) is 44.8. The van der Waals surface area contributed by atoms with Crippen LogP contribution in [0, 0.1) is 17.8 Å². The third-order valence-electron chi connectivity index (χ3n) is 7.51. The van der Waals surface area contributed by atoms with Gasteiger partial charge in [0, 0.05) is 22.5 Å². The second-order valence-corrected chi connectivity index (χ2v) is 11.7. The Hall–Kier alpha value is -2.29. The number of carbonyl (C=O) groups excluding carboxylic acids is 3. The molecule has 7 nitrogen and oxygen atoms in total. The van der Waals surface area contributed by atoms with Crippen molar-refractivity contribution in [1.82, 2.24) is 4.90 Å². The number of halogens is 1. The highest BCUT2D eigenvalue weighted by atomic mass is 35.5. The topological polar surface area (TPSA) is 87.2 Å². The smallest absolute Gasteiger partial charge is 0.311 e. The standard InChI is InChI=1S/C26H29ClN2O5S/c1-15(2)18(14-30)29-22-24(32)28(17-9-7-16(27)8-10-17)12-5-11-26(22)21(23(29)31)20-19(35-26)6-3-4-13-34-25(20)33/h3,5-11,15,18-22,30H,4,12-14H2,1-2H3/t18-,19+,20-,21-,22?,26-/m0/s1. The van der Waals surface area contributed by atoms with Crippen LogP contribution in [-0.2, 0) is 19.1 Å². The predicted octanol–water partition coefficient (Wildman–Crippen LogP) is 3.06. The van der Waals surface area contributed by atoms with Crippen LogP contribution in [0.4, 0.5) is 5.69 Å². The molecule has 2 fully saturated rings. The molecule has 1 aromatic rings. The first-order valence-corrected chi connectivity index (χ1v) is 13.2. The number of hydrogen-bond donors (Lipinski definition) is 1. The molecule has 1 aromatic carbocycles. The van der Waals surface area contributed by atoms with E-state index in [0.717, 1.165) is 0 Å². The Morgan fingerprint density at radius 2 is 1.91 bits per heavy atom. The monoisotopic (exact) mass is 516 g/mol. The number of thioether (sulfide) groups is 1. The Morgan fingerprint density at radius 1 is 1.17 bits per heavy atom. The molecule has 186 valence electrons. The van der Waals surface area contributed by atoms with Crippen molar-refractivity contribution < 1.29 is 24.2 Å². The average molecular weight is 517 g/mol. The fourth-order valence-corrected chi connectivity index (χ4v) is 7.99. The number of ether oxygens (including phenoxy) is 1. The van der Waals surface area contributed by atoms with Gasteiger partial charge in [0.1, 0.15) is 6.04 Å². The van der Waals surface area contributed by atoms with Gasteiger partial charge in [-0.3, -0.25) is 14.4 Å². The van der Waals surface area contributed by atoms with Crippen molar-refractivity contribution in [3.05, 3.63) is 53.6 Å². The minimum absolute atomic E-state index is 0.0891. The van der Waals surface area contributed by atoms with Crippen LogP contribution >= 0.6 is 23.4 Å². The first-order chi connectivity index (χ1) is 16.8. The summed E-state index contributed by atoms with van der Waals surface area (Å²) in [5, 5.41) is 10.6. The van der Waals surface area contributed by atoms with Crippen LogP contribution in [0.15, 0.2) is 48.6 Å². The number of aliphatic hydroxyl groups excluding tert-OH is 1. The van der Waals surface area contributed by atoms with Gasteiger partial charge in [0.25, 0.3) is 5.91 Å². The number of fused-ring (bicyclic) bond motifs is 2. The SMILES string of the molecule is CC(C)[C@H](CO)N1C(=O)[C@@H]2[C@H]3C(=O)OCCC=C[C@H]3S[C@@]23C=CCN(c2ccc(Cl)cc2)C(=O)C13. The number of amides is 2. The second-order valence-electron chi connectivity index (χ2n) is 9.79. The van der Waals surface area contributed by atoms with E-state index in [4.69, 9.17) is 16.3 Å². The van der Waals surface area contributed by atoms with E-state index in [0.29, 0.717) is 23.7 Å². The van der Waals surface area contributed by atoms with Gasteiger partial charge in [-0.1, -0.05) is 49.8 Å². The van der Waals surface area contributed by atoms with Crippen LogP contribution in [-0.4, -0.2) is 69.6 Å². The molecule has 9 heteroatoms. The fraction of sp³-hybridized carbons (Fsp3) is 0.500. The Labute approximate surface area is 214 Å². The minimum Gasteiger partial charge on any atom is -0.465 e. The van der Waals surface area contributed by atoms with Gasteiger partial charge in [-0.15, -0.1) is 11.8 Å². The summed E-state index contributed by atoms with van der Waals surface area (Å²) < 4.78 is 4.56. The summed E-state index contributed by atoms with van der Waals surface area (Å²) >= 11 is 7.58. The van der Waals surface area contributed by atoms with Crippen LogP contribution in [0.1, 0.15) is 20.3 Å². The molecule has 0 bridgehead atoms. The lowest BCUT2D eigenvalue weighted by Crippen LogP contribution is -2.57. The van der Waals surface area contributed by atoms with E-state index in [1.807, 2.05) is 38.2 Å². The number of cyclic esters (lactones) is 1. The quantitative estimate of drug-likeness (QED) is 0.489. The second kappa shape index (κ2) is 9.30. The van der Waals surface area contributed by atoms with Crippen molar-refractivity contribution in [3.8, 4) is 0 Å². The van der Waals surface area contributed by atoms with Gasteiger partial charge in [-0.25, -0.2) is 0 Å². The molecule has 5 rings (SSSR count). The molecule has 1 unspecified atom stereocenters. The lowest BCUT2D eigenvalue weighted by molar-refractivity contribution is -0.153. The van der Waals surface area contributed by atoms with Gasteiger partial charge in [-0.05, 0) is 36.6 Å². The summed E-state index contributed by atoms with van der Waals surface area (Å²) in [6, 6.07) is 5.60. The maximum atomic E-state index is 14.3. The molecule has 1 N–H and O–H groups in total. The summed E-state index contributed by atoms with van der Waals surface area (Å²) in [5.74, 6) is -2.43. The normalized spacial score (nSPS) is 33.1. The number of likely N-dealkylation sites (tertiary alicyclic amines) is 1. The van der Waals surface area contributed by atoms with Crippen molar-refractivity contribution in [3.63, 3.8) is 0 Å². The van der Waals surface area contributed by atoms with E-state index in [1.54, 1.807) is 34.1 Å². The van der Waals surface area contributed by atoms with E-state index < -0.39 is 34.6 Å². The average Bonchev–Trinajstić information content (AvgIpc) is 3.19. The van der Waals surface area contributed by atoms with E-state index in [2.05, 4.69) is 0 Å². The Morgan fingerprint density at radius 3 is 2.60 bits per heavy atom. The minimum atomic E-state index is -0.944. The molecule has 4 aliphatic rings. The molecular weight excluding hydrogens is 488 g/mol. The first-order valence-electron chi connectivity index (χ1n) is 12.0. The highest BCUT2D eigenvalue weighted by Crippen LogP contribution is 2.61. The number of aliphatic hydroxyl groups is 1. The molecular formula is C26H29ClN2O5S. The van der Waals surface area contributed by atoms with Gasteiger partial charge in [0.2, 0.25) is 5.91 Å². The highest BCUT2D eigenvalue weighted by molar-refractivity contribution is 8.02. The molecule has 35 heavy (non-hydrogen) atoms. The highest BCUT2D eigenvalue weighted by Gasteiger charge is 2.71. The lowest BCUT2D eigenvalue weighted by Gasteiger charge is -2.39. The molecule has 0 radical (unpaired) electrons. The Bertz CT molecular complexity index is 1090. The van der Waals surface area contributed by atoms with Crippen LogP contribution in [0.2, 0.25) is 5.02 Å². The van der Waals surface area contributed by atoms with Crippen LogP contribution < -0.4 is 4.90 Å². The van der Waals surface area contributed by atoms with Crippen molar-refractivity contribution in [1.29, 1.82) is 0 Å². The fourth-order valence-electron chi connectivity index (χ4n) is 5.88. The van der Waals surface area contributed by atoms with Crippen LogP contribution in [0.5, 0.6) is 0 Å². The maximum absolute atomic E-state index is 14.3. The van der Waals surface area contributed by atoms with Crippen LogP contribution in [0.25, 0.3) is 0 Å². The maximum Gasteiger partial charge on any atom is 0.311 e. The molecule has 0 aliphatic carbocycles. The summed E-state index contributed by atoms with van der Waals surface area (Å²) in [7, 11) is 0. The van der Waals surface area contributed by atoms with E-state index >= 15 is 0 Å². The third kappa shape index (κ3) is 3.81. The van der Waals surface area contributed by atoms with Gasteiger partial charge < -0.3 is 19.6 Å². The molecule has 4 heterocycles. The van der Waals surface area contributed by atoms with Crippen LogP contribution in [0.3, 0.4) is 0 Å².